The van der Waals surface area contributed by atoms with Gasteiger partial charge in [0.2, 0.25) is 0 Å². The van der Waals surface area contributed by atoms with Gasteiger partial charge in [-0.2, -0.15) is 0 Å². The summed E-state index contributed by atoms with van der Waals surface area (Å²) in [5.74, 6) is 0. The van der Waals surface area contributed by atoms with Crippen molar-refractivity contribution in [3.8, 4) is 0 Å². The lowest BCUT2D eigenvalue weighted by Gasteiger charge is -2.51. The van der Waals surface area contributed by atoms with E-state index in [-0.39, 0.29) is 0 Å². The van der Waals surface area contributed by atoms with Crippen LogP contribution in [0, 0.1) is 6.92 Å². The Balaban J connectivity index is 1.79. The monoisotopic (exact) mass is 296 g/mol. The Morgan fingerprint density at radius 2 is 1.91 bits per heavy atom. The second-order valence-corrected chi connectivity index (χ2v) is 7.16. The molecule has 2 fully saturated rings. The molecule has 3 heterocycles. The Kier molecular flexibility index (Phi) is 3.24. The number of hydrogen-bond acceptors (Lipinski definition) is 3. The predicted molar refractivity (Wildman–Crippen MR) is 88.8 cm³/mol. The fraction of sp³-hybridized carbons (Fsp3) is 0.526. The lowest BCUT2D eigenvalue weighted by atomic mass is 9.71. The molecule has 1 N–H and O–H groups in total. The third kappa shape index (κ3) is 2.07. The molecule has 2 saturated heterocycles. The van der Waals surface area contributed by atoms with Gasteiger partial charge in [0.15, 0.2) is 0 Å². The number of nitrogens with zero attached hydrogens (tertiary/aromatic N) is 2. The summed E-state index contributed by atoms with van der Waals surface area (Å²) < 4.78 is 0. The van der Waals surface area contributed by atoms with Crippen molar-refractivity contribution in [2.75, 3.05) is 7.05 Å². The van der Waals surface area contributed by atoms with Gasteiger partial charge in [-0.3, -0.25) is 4.98 Å². The Morgan fingerprint density at radius 1 is 1.18 bits per heavy atom. The molecule has 0 aliphatic carbocycles. The van der Waals surface area contributed by atoms with Gasteiger partial charge in [-0.25, -0.2) is 0 Å². The highest BCUT2D eigenvalue weighted by Gasteiger charge is 2.45. The van der Waals surface area contributed by atoms with E-state index in [2.05, 4.69) is 42.1 Å². The van der Waals surface area contributed by atoms with Gasteiger partial charge < -0.3 is 10.0 Å². The summed E-state index contributed by atoms with van der Waals surface area (Å²) in [5.41, 5.74) is 2.56. The molecule has 1 aromatic heterocycles. The summed E-state index contributed by atoms with van der Waals surface area (Å²) in [7, 11) is 2.23. The Morgan fingerprint density at radius 3 is 2.64 bits per heavy atom. The van der Waals surface area contributed by atoms with Crippen LogP contribution in [0.25, 0.3) is 10.9 Å². The second kappa shape index (κ2) is 5.04. The Labute approximate surface area is 132 Å². The van der Waals surface area contributed by atoms with Crippen LogP contribution in [0.4, 0.5) is 0 Å². The quantitative estimate of drug-likeness (QED) is 0.876. The van der Waals surface area contributed by atoms with Crippen molar-refractivity contribution in [3.63, 3.8) is 0 Å². The van der Waals surface area contributed by atoms with Crippen LogP contribution in [-0.4, -0.2) is 34.1 Å². The number of hydrogen-bond donors (Lipinski definition) is 1. The van der Waals surface area contributed by atoms with Crippen LogP contribution in [0.2, 0.25) is 0 Å². The fourth-order valence-electron chi connectivity index (χ4n) is 4.66. The van der Waals surface area contributed by atoms with E-state index in [9.17, 15) is 5.11 Å². The zero-order chi connectivity index (χ0) is 15.3. The molecule has 3 heteroatoms. The molecular weight excluding hydrogens is 272 g/mol. The number of rotatable bonds is 1. The normalized spacial score (nSPS) is 32.3. The first-order valence-electron chi connectivity index (χ1n) is 8.38. The number of piperidine rings is 2. The van der Waals surface area contributed by atoms with E-state index in [1.807, 2.05) is 12.3 Å². The second-order valence-electron chi connectivity index (χ2n) is 7.16. The van der Waals surface area contributed by atoms with E-state index in [1.54, 1.807) is 0 Å². The van der Waals surface area contributed by atoms with E-state index in [0.29, 0.717) is 12.1 Å². The maximum absolute atomic E-state index is 11.5. The highest BCUT2D eigenvalue weighted by atomic mass is 16.3. The van der Waals surface area contributed by atoms with E-state index in [4.69, 9.17) is 0 Å². The van der Waals surface area contributed by atoms with Gasteiger partial charge in [0.05, 0.1) is 11.1 Å². The zero-order valence-electron chi connectivity index (χ0n) is 13.4. The number of aryl methyl sites for hydroxylation is 1. The summed E-state index contributed by atoms with van der Waals surface area (Å²) in [4.78, 5) is 7.03. The van der Waals surface area contributed by atoms with E-state index >= 15 is 0 Å². The fourth-order valence-corrected chi connectivity index (χ4v) is 4.66. The molecule has 0 radical (unpaired) electrons. The summed E-state index contributed by atoms with van der Waals surface area (Å²) in [5, 5.41) is 12.6. The van der Waals surface area contributed by atoms with E-state index in [0.717, 1.165) is 34.9 Å². The minimum Gasteiger partial charge on any atom is -0.385 e. The first-order valence-corrected chi connectivity index (χ1v) is 8.38. The van der Waals surface area contributed by atoms with Gasteiger partial charge in [0.1, 0.15) is 0 Å². The number of aromatic nitrogens is 1. The molecule has 2 unspecified atom stereocenters. The van der Waals surface area contributed by atoms with Crippen molar-refractivity contribution in [3.05, 3.63) is 41.6 Å². The van der Waals surface area contributed by atoms with Gasteiger partial charge >= 0.3 is 0 Å². The summed E-state index contributed by atoms with van der Waals surface area (Å²) >= 11 is 0. The molecule has 0 amide bonds. The van der Waals surface area contributed by atoms with Crippen LogP contribution in [-0.2, 0) is 5.60 Å². The van der Waals surface area contributed by atoms with Crippen LogP contribution in [0.1, 0.15) is 43.2 Å². The van der Waals surface area contributed by atoms with E-state index in [1.165, 1.54) is 19.3 Å². The maximum atomic E-state index is 11.5. The minimum atomic E-state index is -0.696. The van der Waals surface area contributed by atoms with E-state index < -0.39 is 5.60 Å². The summed E-state index contributed by atoms with van der Waals surface area (Å²) in [6.45, 7) is 2.11. The summed E-state index contributed by atoms with van der Waals surface area (Å²) in [6.07, 6.45) is 7.25. The van der Waals surface area contributed by atoms with Crippen LogP contribution in [0.5, 0.6) is 0 Å². The van der Waals surface area contributed by atoms with Gasteiger partial charge in [0.25, 0.3) is 0 Å². The Hall–Kier alpha value is -1.45. The first kappa shape index (κ1) is 14.2. The van der Waals surface area contributed by atoms with Crippen molar-refractivity contribution in [2.45, 2.75) is 56.7 Å². The van der Waals surface area contributed by atoms with Crippen molar-refractivity contribution in [1.82, 2.24) is 9.88 Å². The lowest BCUT2D eigenvalue weighted by Crippen LogP contribution is -2.55. The topological polar surface area (TPSA) is 36.4 Å². The van der Waals surface area contributed by atoms with Crippen LogP contribution >= 0.6 is 0 Å². The standard InChI is InChI=1S/C19H24N2O/c1-13-17(9-8-14-5-4-10-20-18(13)14)19(22)11-15-6-3-7-16(12-19)21(15)2/h4-5,8-10,15-16,22H,3,6-7,11-12H2,1-2H3. The molecule has 116 valence electrons. The zero-order valence-corrected chi connectivity index (χ0v) is 13.4. The highest BCUT2D eigenvalue weighted by Crippen LogP contribution is 2.45. The molecule has 0 saturated carbocycles. The molecule has 4 rings (SSSR count). The van der Waals surface area contributed by atoms with Crippen molar-refractivity contribution in [1.29, 1.82) is 0 Å². The smallest absolute Gasteiger partial charge is 0.0929 e. The van der Waals surface area contributed by atoms with Crippen LogP contribution < -0.4 is 0 Å². The minimum absolute atomic E-state index is 0.510. The van der Waals surface area contributed by atoms with Crippen molar-refractivity contribution in [2.24, 2.45) is 0 Å². The third-order valence-corrected chi connectivity index (χ3v) is 5.90. The van der Waals surface area contributed by atoms with Gasteiger partial charge in [-0.1, -0.05) is 24.6 Å². The molecule has 22 heavy (non-hydrogen) atoms. The number of aliphatic hydroxyl groups is 1. The largest absolute Gasteiger partial charge is 0.385 e. The van der Waals surface area contributed by atoms with Crippen molar-refractivity contribution >= 4 is 10.9 Å². The highest BCUT2D eigenvalue weighted by molar-refractivity contribution is 5.82. The molecule has 0 spiro atoms. The predicted octanol–water partition coefficient (Wildman–Crippen LogP) is 3.38. The first-order chi connectivity index (χ1) is 10.6. The van der Waals surface area contributed by atoms with Crippen molar-refractivity contribution < 1.29 is 5.11 Å². The molecule has 2 aromatic rings. The van der Waals surface area contributed by atoms with Gasteiger partial charge in [-0.15, -0.1) is 0 Å². The molecule has 2 atom stereocenters. The van der Waals surface area contributed by atoms with Gasteiger partial charge in [0, 0.05) is 23.7 Å². The van der Waals surface area contributed by atoms with Gasteiger partial charge in [-0.05, 0) is 56.8 Å². The SMILES string of the molecule is Cc1c(C2(O)CC3CCCC(C2)N3C)ccc2cccnc12. The molecule has 3 nitrogen and oxygen atoms in total. The number of pyridine rings is 1. The molecule has 1 aromatic carbocycles. The van der Waals surface area contributed by atoms with Crippen LogP contribution in [0.15, 0.2) is 30.5 Å². The average molecular weight is 296 g/mol. The van der Waals surface area contributed by atoms with Crippen LogP contribution in [0.3, 0.4) is 0 Å². The molecule has 2 aliphatic rings. The Bertz CT molecular complexity index is 698. The number of benzene rings is 1. The molecule has 2 aliphatic heterocycles. The average Bonchev–Trinajstić information content (AvgIpc) is 2.50. The number of fused-ring (bicyclic) bond motifs is 3. The third-order valence-electron chi connectivity index (χ3n) is 5.90. The molecule has 2 bridgehead atoms. The molecular formula is C19H24N2O. The maximum Gasteiger partial charge on any atom is 0.0929 e. The lowest BCUT2D eigenvalue weighted by molar-refractivity contribution is -0.0877. The summed E-state index contributed by atoms with van der Waals surface area (Å²) in [6, 6.07) is 9.31.